The van der Waals surface area contributed by atoms with Crippen LogP contribution in [0.15, 0.2) is 23.2 Å². The van der Waals surface area contributed by atoms with E-state index in [0.717, 1.165) is 23.4 Å². The maximum Gasteiger partial charge on any atom is 0.254 e. The van der Waals surface area contributed by atoms with E-state index in [1.54, 1.807) is 7.05 Å². The molecule has 2 heterocycles. The van der Waals surface area contributed by atoms with Crippen molar-refractivity contribution in [3.8, 4) is 0 Å². The number of benzene rings is 1. The Balaban J connectivity index is 1.83. The first kappa shape index (κ1) is 14.1. The van der Waals surface area contributed by atoms with E-state index < -0.39 is 6.04 Å². The standard InChI is InChI=1S/C15H17N3O2S/c1-9-3-4-11-10(7-9)8-12(18(2)14(11)20)13(19)17-15-16-5-6-21-15/h3-4,7,12H,5-6,8H2,1-2H3,(H,16,17,19). The van der Waals surface area contributed by atoms with E-state index in [0.29, 0.717) is 17.2 Å². The Hall–Kier alpha value is -1.82. The molecule has 0 saturated heterocycles. The first-order valence-corrected chi connectivity index (χ1v) is 7.89. The fourth-order valence-corrected chi connectivity index (χ4v) is 3.38. The summed E-state index contributed by atoms with van der Waals surface area (Å²) >= 11 is 1.54. The van der Waals surface area contributed by atoms with Gasteiger partial charge in [-0.2, -0.15) is 0 Å². The van der Waals surface area contributed by atoms with E-state index in [-0.39, 0.29) is 11.8 Å². The molecule has 5 nitrogen and oxygen atoms in total. The van der Waals surface area contributed by atoms with Gasteiger partial charge in [-0.25, -0.2) is 0 Å². The smallest absolute Gasteiger partial charge is 0.254 e. The molecule has 0 aromatic heterocycles. The Kier molecular flexibility index (Phi) is 3.71. The quantitative estimate of drug-likeness (QED) is 0.848. The molecule has 21 heavy (non-hydrogen) atoms. The Labute approximate surface area is 127 Å². The fraction of sp³-hybridized carbons (Fsp3) is 0.400. The lowest BCUT2D eigenvalue weighted by atomic mass is 9.92. The van der Waals surface area contributed by atoms with Crippen LogP contribution in [0.1, 0.15) is 21.5 Å². The Bertz CT molecular complexity index is 642. The van der Waals surface area contributed by atoms with Gasteiger partial charge in [-0.15, -0.1) is 0 Å². The number of nitrogens with one attached hydrogen (secondary N) is 1. The van der Waals surface area contributed by atoms with Crippen LogP contribution in [0.5, 0.6) is 0 Å². The normalized spacial score (nSPS) is 21.0. The Morgan fingerprint density at radius 1 is 1.48 bits per heavy atom. The lowest BCUT2D eigenvalue weighted by Gasteiger charge is -2.32. The number of aryl methyl sites for hydroxylation is 1. The minimum Gasteiger partial charge on any atom is -0.329 e. The largest absolute Gasteiger partial charge is 0.329 e. The molecule has 0 saturated carbocycles. The zero-order chi connectivity index (χ0) is 15.0. The van der Waals surface area contributed by atoms with Crippen LogP contribution < -0.4 is 5.32 Å². The van der Waals surface area contributed by atoms with Crippen molar-refractivity contribution >= 4 is 28.7 Å². The van der Waals surface area contributed by atoms with Gasteiger partial charge in [-0.1, -0.05) is 29.5 Å². The van der Waals surface area contributed by atoms with E-state index in [1.165, 1.54) is 16.7 Å². The lowest BCUT2D eigenvalue weighted by molar-refractivity contribution is -0.123. The van der Waals surface area contributed by atoms with Gasteiger partial charge >= 0.3 is 0 Å². The summed E-state index contributed by atoms with van der Waals surface area (Å²) in [6.07, 6.45) is 0.545. The highest BCUT2D eigenvalue weighted by Crippen LogP contribution is 2.23. The van der Waals surface area contributed by atoms with Crippen LogP contribution in [0.2, 0.25) is 0 Å². The molecular formula is C15H17N3O2S. The molecule has 0 fully saturated rings. The van der Waals surface area contributed by atoms with Crippen LogP contribution in [0, 0.1) is 6.92 Å². The summed E-state index contributed by atoms with van der Waals surface area (Å²) in [5.41, 5.74) is 2.74. The van der Waals surface area contributed by atoms with Crippen molar-refractivity contribution in [1.29, 1.82) is 0 Å². The molecule has 2 aliphatic rings. The molecular weight excluding hydrogens is 286 g/mol. The molecule has 0 bridgehead atoms. The molecule has 0 aliphatic carbocycles. The van der Waals surface area contributed by atoms with Gasteiger partial charge in [-0.3, -0.25) is 14.6 Å². The minimum atomic E-state index is -0.476. The van der Waals surface area contributed by atoms with Gasteiger partial charge in [0.25, 0.3) is 5.91 Å². The van der Waals surface area contributed by atoms with E-state index in [2.05, 4.69) is 10.3 Å². The molecule has 1 aromatic rings. The Morgan fingerprint density at radius 2 is 2.29 bits per heavy atom. The number of carbonyl (C=O) groups is 2. The van der Waals surface area contributed by atoms with Crippen molar-refractivity contribution in [1.82, 2.24) is 10.2 Å². The highest BCUT2D eigenvalue weighted by Gasteiger charge is 2.34. The Morgan fingerprint density at radius 3 is 3.00 bits per heavy atom. The molecule has 0 spiro atoms. The second-order valence-electron chi connectivity index (χ2n) is 5.32. The van der Waals surface area contributed by atoms with E-state index >= 15 is 0 Å². The van der Waals surface area contributed by atoms with Crippen LogP contribution >= 0.6 is 11.8 Å². The summed E-state index contributed by atoms with van der Waals surface area (Å²) < 4.78 is 0. The monoisotopic (exact) mass is 303 g/mol. The summed E-state index contributed by atoms with van der Waals surface area (Å²) in [5, 5.41) is 3.49. The van der Waals surface area contributed by atoms with Gasteiger partial charge in [0.05, 0.1) is 6.54 Å². The summed E-state index contributed by atoms with van der Waals surface area (Å²) in [4.78, 5) is 30.5. The van der Waals surface area contributed by atoms with Crippen LogP contribution in [0.4, 0.5) is 0 Å². The first-order valence-electron chi connectivity index (χ1n) is 6.91. The number of carbonyl (C=O) groups excluding carboxylic acids is 2. The van der Waals surface area contributed by atoms with Gasteiger partial charge in [-0.05, 0) is 18.6 Å². The number of amides is 2. The number of thioether (sulfide) groups is 1. The van der Waals surface area contributed by atoms with E-state index in [1.807, 2.05) is 25.1 Å². The summed E-state index contributed by atoms with van der Waals surface area (Å²) in [7, 11) is 1.68. The van der Waals surface area contributed by atoms with E-state index in [4.69, 9.17) is 0 Å². The van der Waals surface area contributed by atoms with Crippen LogP contribution in [0.25, 0.3) is 0 Å². The van der Waals surface area contributed by atoms with Gasteiger partial charge in [0, 0.05) is 24.8 Å². The average molecular weight is 303 g/mol. The number of amidine groups is 1. The average Bonchev–Trinajstić information content (AvgIpc) is 2.95. The van der Waals surface area contributed by atoms with Crippen molar-refractivity contribution in [2.24, 2.45) is 4.99 Å². The van der Waals surface area contributed by atoms with Crippen molar-refractivity contribution < 1.29 is 9.59 Å². The third-order valence-corrected chi connectivity index (χ3v) is 4.70. The lowest BCUT2D eigenvalue weighted by Crippen LogP contribution is -2.52. The van der Waals surface area contributed by atoms with Gasteiger partial charge in [0.2, 0.25) is 5.91 Å². The summed E-state index contributed by atoms with van der Waals surface area (Å²) in [6, 6.07) is 5.28. The second-order valence-corrected chi connectivity index (χ2v) is 6.40. The SMILES string of the molecule is Cc1ccc2c(c1)CC(C(=O)NC1=NCCS1)N(C)C2=O. The van der Waals surface area contributed by atoms with Gasteiger partial charge in [0.15, 0.2) is 5.17 Å². The van der Waals surface area contributed by atoms with Crippen molar-refractivity contribution in [2.45, 2.75) is 19.4 Å². The topological polar surface area (TPSA) is 61.8 Å². The zero-order valence-corrected chi connectivity index (χ0v) is 12.9. The van der Waals surface area contributed by atoms with Crippen molar-refractivity contribution in [2.75, 3.05) is 19.3 Å². The number of aliphatic imine (C=N–C) groups is 1. The van der Waals surface area contributed by atoms with Gasteiger partial charge < -0.3 is 10.2 Å². The molecule has 2 aliphatic heterocycles. The van der Waals surface area contributed by atoms with Crippen LogP contribution in [-0.2, 0) is 11.2 Å². The third kappa shape index (κ3) is 2.68. The third-order valence-electron chi connectivity index (χ3n) is 3.81. The molecule has 2 amide bonds. The minimum absolute atomic E-state index is 0.0996. The van der Waals surface area contributed by atoms with Crippen LogP contribution in [-0.4, -0.2) is 47.3 Å². The molecule has 1 unspecified atom stereocenters. The number of nitrogens with zero attached hydrogens (tertiary/aromatic N) is 2. The molecule has 1 aromatic carbocycles. The summed E-state index contributed by atoms with van der Waals surface area (Å²) in [5.74, 6) is 0.639. The molecule has 1 atom stereocenters. The predicted molar refractivity (Wildman–Crippen MR) is 83.7 cm³/mol. The van der Waals surface area contributed by atoms with E-state index in [9.17, 15) is 9.59 Å². The maximum absolute atomic E-state index is 12.4. The number of rotatable bonds is 1. The molecule has 0 radical (unpaired) electrons. The maximum atomic E-state index is 12.4. The first-order chi connectivity index (χ1) is 10.1. The van der Waals surface area contributed by atoms with Gasteiger partial charge in [0.1, 0.15) is 6.04 Å². The van der Waals surface area contributed by atoms with Crippen molar-refractivity contribution in [3.05, 3.63) is 34.9 Å². The summed E-state index contributed by atoms with van der Waals surface area (Å²) in [6.45, 7) is 2.73. The number of hydrogen-bond acceptors (Lipinski definition) is 4. The molecule has 3 rings (SSSR count). The highest BCUT2D eigenvalue weighted by molar-refractivity contribution is 8.14. The number of likely N-dealkylation sites (N-methyl/N-ethyl adjacent to an activating group) is 1. The van der Waals surface area contributed by atoms with Crippen LogP contribution in [0.3, 0.4) is 0 Å². The predicted octanol–water partition coefficient (Wildman–Crippen LogP) is 1.21. The molecule has 1 N–H and O–H groups in total. The number of fused-ring (bicyclic) bond motifs is 1. The molecule has 6 heteroatoms. The molecule has 110 valence electrons. The zero-order valence-electron chi connectivity index (χ0n) is 12.0. The highest BCUT2D eigenvalue weighted by atomic mass is 32.2. The van der Waals surface area contributed by atoms with Crippen molar-refractivity contribution in [3.63, 3.8) is 0 Å². The number of hydrogen-bond donors (Lipinski definition) is 1. The second kappa shape index (κ2) is 5.52. The fourth-order valence-electron chi connectivity index (χ4n) is 2.64.